The van der Waals surface area contributed by atoms with Crippen LogP contribution in [-0.4, -0.2) is 67.4 Å². The lowest BCUT2D eigenvalue weighted by molar-refractivity contribution is 0.354. The van der Waals surface area contributed by atoms with Crippen molar-refractivity contribution in [3.05, 3.63) is 314 Å². The second kappa shape index (κ2) is 28.9. The third kappa shape index (κ3) is 14.1. The Morgan fingerprint density at radius 3 is 1.20 bits per heavy atom. The van der Waals surface area contributed by atoms with Crippen molar-refractivity contribution >= 4 is 41.0 Å². The molecule has 0 saturated carbocycles. The van der Waals surface area contributed by atoms with E-state index in [2.05, 4.69) is 146 Å². The molecule has 5 N–H and O–H groups in total. The average molecular weight is 1280 g/mol. The molecule has 9 aromatic carbocycles. The molecule has 3 unspecified atom stereocenters. The summed E-state index contributed by atoms with van der Waals surface area (Å²) >= 11 is 13.1. The van der Waals surface area contributed by atoms with Gasteiger partial charge in [-0.05, 0) is 147 Å². The molecule has 12 aromatic rings. The predicted molar refractivity (Wildman–Crippen MR) is 376 cm³/mol. The number of phenols is 2. The third-order valence-corrected chi connectivity index (χ3v) is 18.3. The van der Waals surface area contributed by atoms with E-state index in [4.69, 9.17) is 47.6 Å². The fraction of sp³-hybridized carbons (Fsp3) is 0.165. The average Bonchev–Trinajstić information content (AvgIpc) is 0.778. The third-order valence-electron chi connectivity index (χ3n) is 17.6. The maximum absolute atomic E-state index is 9.42. The van der Waals surface area contributed by atoms with Gasteiger partial charge in [0.2, 0.25) is 17.8 Å². The summed E-state index contributed by atoms with van der Waals surface area (Å²) < 4.78 is 10.7. The summed E-state index contributed by atoms with van der Waals surface area (Å²) in [7, 11) is 3.26. The van der Waals surface area contributed by atoms with Crippen LogP contribution in [0.1, 0.15) is 84.5 Å². The summed E-state index contributed by atoms with van der Waals surface area (Å²) in [6, 6.07) is 72.6. The Bertz CT molecular complexity index is 4620. The number of rotatable bonds is 16. The molecule has 0 spiro atoms. The van der Waals surface area contributed by atoms with Crippen LogP contribution in [0.3, 0.4) is 0 Å². The molecule has 15 rings (SSSR count). The van der Waals surface area contributed by atoms with E-state index in [1.54, 1.807) is 38.5 Å². The van der Waals surface area contributed by atoms with E-state index in [1.807, 2.05) is 97.5 Å². The standard InChI is InChI=1S/C27H24ClN3O2.C26H22ClN3O.C26H23N3O/c1-32-24-12-11-17(13-25(24)33-2)15-29-27-30-16-18-14-22(20-8-5-6-10-23(20)28)19-7-3-4-9-21(19)26(18)31-27;27-24-8-4-3-6-21(24)23-15-18-16-29-26(28-14-13-17-9-11-19(31)12-10-17)30-25(18)22-7-2-1-5-20(22)23;30-21-12-10-18(11-13-21)14-15-27-26-28-17-20-16-24(19-6-2-1-3-7-19)22-8-4-5-9-23(22)25(20)29-26/h3-13,16,22H,14-15H2,1-2H3,(H,29,30,31);1-12,16,23,31H,13-15H2,(H,28,29,30);1-13,17,24,30H,14-16H2,(H,27,28,29). The van der Waals surface area contributed by atoms with Crippen molar-refractivity contribution in [2.75, 3.05) is 43.3 Å². The Hall–Kier alpha value is -10.6. The summed E-state index contributed by atoms with van der Waals surface area (Å²) in [4.78, 5) is 28.3. The van der Waals surface area contributed by atoms with E-state index in [-0.39, 0.29) is 23.3 Å². The second-order valence-electron chi connectivity index (χ2n) is 23.4. The van der Waals surface area contributed by atoms with Crippen molar-refractivity contribution in [2.45, 2.75) is 56.4 Å². The van der Waals surface area contributed by atoms with E-state index in [1.165, 1.54) is 33.4 Å². The number of nitrogens with one attached hydrogen (secondary N) is 3. The van der Waals surface area contributed by atoms with Crippen LogP contribution in [0, 0.1) is 0 Å². The summed E-state index contributed by atoms with van der Waals surface area (Å²) in [5.41, 5.74) is 20.6. The first-order valence-corrected chi connectivity index (χ1v) is 32.3. The highest BCUT2D eigenvalue weighted by Crippen LogP contribution is 2.46. The number of hydrogen-bond acceptors (Lipinski definition) is 13. The van der Waals surface area contributed by atoms with Crippen molar-refractivity contribution in [3.63, 3.8) is 0 Å². The largest absolute Gasteiger partial charge is 0.508 e. The number of fused-ring (bicyclic) bond motifs is 9. The summed E-state index contributed by atoms with van der Waals surface area (Å²) in [5.74, 6) is 4.54. The van der Waals surface area contributed by atoms with Gasteiger partial charge in [0.15, 0.2) is 11.5 Å². The van der Waals surface area contributed by atoms with E-state index < -0.39 is 0 Å². The molecule has 0 amide bonds. The molecule has 3 aromatic heterocycles. The lowest BCUT2D eigenvalue weighted by Crippen LogP contribution is -2.16. The van der Waals surface area contributed by atoms with Crippen molar-refractivity contribution in [2.24, 2.45) is 0 Å². The molecular formula is C79H69Cl2N9O4. The zero-order valence-corrected chi connectivity index (χ0v) is 53.6. The molecule has 3 aliphatic carbocycles. The summed E-state index contributed by atoms with van der Waals surface area (Å²) in [5, 5.41) is 30.4. The second-order valence-corrected chi connectivity index (χ2v) is 24.2. The molecule has 0 fully saturated rings. The van der Waals surface area contributed by atoms with E-state index in [0.29, 0.717) is 48.4 Å². The normalized spacial score (nSPS) is 14.4. The molecule has 3 aliphatic rings. The molecule has 3 heterocycles. The van der Waals surface area contributed by atoms with Crippen molar-refractivity contribution in [1.29, 1.82) is 0 Å². The number of anilines is 3. The van der Waals surface area contributed by atoms with Crippen molar-refractivity contribution in [3.8, 4) is 56.8 Å². The van der Waals surface area contributed by atoms with E-state index in [0.717, 1.165) is 116 Å². The smallest absolute Gasteiger partial charge is 0.223 e. The van der Waals surface area contributed by atoms with Gasteiger partial charge in [-0.15, -0.1) is 0 Å². The van der Waals surface area contributed by atoms with Gasteiger partial charge in [0.05, 0.1) is 31.3 Å². The Morgan fingerprint density at radius 2 is 0.766 bits per heavy atom. The summed E-state index contributed by atoms with van der Waals surface area (Å²) in [6.45, 7) is 2.02. The highest BCUT2D eigenvalue weighted by Gasteiger charge is 2.31. The Kier molecular flexibility index (Phi) is 19.1. The van der Waals surface area contributed by atoms with E-state index >= 15 is 0 Å². The molecule has 13 nitrogen and oxygen atoms in total. The molecule has 0 bridgehead atoms. The van der Waals surface area contributed by atoms with Gasteiger partial charge in [-0.3, -0.25) is 0 Å². The maximum atomic E-state index is 9.42. The van der Waals surface area contributed by atoms with Crippen LogP contribution in [0.25, 0.3) is 33.8 Å². The maximum Gasteiger partial charge on any atom is 0.223 e. The first-order valence-electron chi connectivity index (χ1n) is 31.5. The van der Waals surface area contributed by atoms with E-state index in [9.17, 15) is 10.2 Å². The first-order chi connectivity index (χ1) is 46.1. The Morgan fingerprint density at radius 1 is 0.394 bits per heavy atom. The van der Waals surface area contributed by atoms with Crippen LogP contribution in [-0.2, 0) is 38.6 Å². The minimum absolute atomic E-state index is 0.177. The van der Waals surface area contributed by atoms with Gasteiger partial charge in [-0.1, -0.05) is 193 Å². The van der Waals surface area contributed by atoms with Gasteiger partial charge in [0, 0.05) is 82.7 Å². The highest BCUT2D eigenvalue weighted by molar-refractivity contribution is 6.31. The molecular weight excluding hydrogens is 1210 g/mol. The van der Waals surface area contributed by atoms with Gasteiger partial charge in [0.1, 0.15) is 11.5 Å². The fourth-order valence-electron chi connectivity index (χ4n) is 12.9. The Labute approximate surface area is 557 Å². The molecule has 0 aliphatic heterocycles. The first kappa shape index (κ1) is 62.2. The predicted octanol–water partition coefficient (Wildman–Crippen LogP) is 17.2. The van der Waals surface area contributed by atoms with Crippen molar-refractivity contribution in [1.82, 2.24) is 29.9 Å². The monoisotopic (exact) mass is 1280 g/mol. The van der Waals surface area contributed by atoms with Crippen LogP contribution in [0.5, 0.6) is 23.0 Å². The number of methoxy groups -OCH3 is 2. The quantitative estimate of drug-likeness (QED) is 0.0619. The zero-order chi connectivity index (χ0) is 64.3. The SMILES string of the molecule is COc1ccc(CNc2ncc3c(n2)-c2ccccc2C(c2ccccc2Cl)C3)cc1OC.Oc1ccc(CCNc2ncc3c(n2)-c2ccccc2C(c2ccccc2)C3)cc1.Oc1ccc(CCNc2ncc3c(n2)-c2ccccc2C(c2ccccc2Cl)C3)cc1. The van der Waals surface area contributed by atoms with Crippen LogP contribution in [0.2, 0.25) is 10.0 Å². The van der Waals surface area contributed by atoms with Gasteiger partial charge in [-0.25, -0.2) is 29.9 Å². The van der Waals surface area contributed by atoms with Gasteiger partial charge in [-0.2, -0.15) is 0 Å². The number of ether oxygens (including phenoxy) is 2. The lowest BCUT2D eigenvalue weighted by atomic mass is 9.78. The lowest BCUT2D eigenvalue weighted by Gasteiger charge is -2.28. The molecule has 94 heavy (non-hydrogen) atoms. The number of hydrogen-bond donors (Lipinski definition) is 5. The van der Waals surface area contributed by atoms with Crippen LogP contribution >= 0.6 is 23.2 Å². The number of nitrogens with zero attached hydrogens (tertiary/aromatic N) is 6. The van der Waals surface area contributed by atoms with Crippen LogP contribution < -0.4 is 25.4 Å². The number of benzene rings is 9. The molecule has 0 radical (unpaired) electrons. The minimum Gasteiger partial charge on any atom is -0.508 e. The number of phenolic OH excluding ortho intramolecular Hbond substituents is 2. The highest BCUT2D eigenvalue weighted by atomic mass is 35.5. The summed E-state index contributed by atoms with van der Waals surface area (Å²) in [6.07, 6.45) is 10.0. The topological polar surface area (TPSA) is 172 Å². The zero-order valence-electron chi connectivity index (χ0n) is 52.1. The van der Waals surface area contributed by atoms with Crippen molar-refractivity contribution < 1.29 is 19.7 Å². The van der Waals surface area contributed by atoms with Gasteiger partial charge in [0.25, 0.3) is 0 Å². The number of aromatic hydroxyl groups is 2. The minimum atomic E-state index is 0.177. The number of halogens is 2. The number of aromatic nitrogens is 6. The van der Waals surface area contributed by atoms with Gasteiger partial charge >= 0.3 is 0 Å². The Balaban J connectivity index is 0.000000128. The fourth-order valence-corrected chi connectivity index (χ4v) is 13.4. The molecule has 3 atom stereocenters. The van der Waals surface area contributed by atoms with Crippen LogP contribution in [0.4, 0.5) is 17.8 Å². The molecule has 468 valence electrons. The molecule has 0 saturated heterocycles. The van der Waals surface area contributed by atoms with Crippen LogP contribution in [0.15, 0.2) is 237 Å². The molecule has 15 heteroatoms. The van der Waals surface area contributed by atoms with Gasteiger partial charge < -0.3 is 35.6 Å².